The van der Waals surface area contributed by atoms with Gasteiger partial charge in [-0.25, -0.2) is 0 Å². The van der Waals surface area contributed by atoms with Gasteiger partial charge in [-0.1, -0.05) is 20.3 Å². The zero-order valence-corrected chi connectivity index (χ0v) is 14.1. The molecule has 9 heteroatoms. The average molecular weight is 360 g/mol. The zero-order chi connectivity index (χ0) is 16.9. The van der Waals surface area contributed by atoms with Gasteiger partial charge in [0.2, 0.25) is 11.8 Å². The lowest BCUT2D eigenvalue weighted by Crippen LogP contribution is -2.49. The van der Waals surface area contributed by atoms with E-state index in [9.17, 15) is 22.8 Å². The van der Waals surface area contributed by atoms with E-state index in [0.29, 0.717) is 12.8 Å². The molecule has 0 aromatic heterocycles. The Morgan fingerprint density at radius 3 is 2.39 bits per heavy atom. The zero-order valence-electron chi connectivity index (χ0n) is 13.3. The molecular formula is C14H25ClF3N3O2. The van der Waals surface area contributed by atoms with E-state index in [0.717, 1.165) is 0 Å². The van der Waals surface area contributed by atoms with Crippen molar-refractivity contribution in [3.05, 3.63) is 0 Å². The molecule has 0 radical (unpaired) electrons. The molecule has 5 nitrogen and oxygen atoms in total. The van der Waals surface area contributed by atoms with Gasteiger partial charge in [-0.05, 0) is 25.2 Å². The second-order valence-electron chi connectivity index (χ2n) is 6.16. The van der Waals surface area contributed by atoms with Gasteiger partial charge < -0.3 is 16.4 Å². The van der Waals surface area contributed by atoms with Gasteiger partial charge in [0.05, 0.1) is 18.5 Å². The molecule has 1 fully saturated rings. The minimum Gasteiger partial charge on any atom is -0.352 e. The third kappa shape index (κ3) is 7.39. The molecule has 0 spiro atoms. The molecule has 136 valence electrons. The molecule has 1 aliphatic carbocycles. The van der Waals surface area contributed by atoms with Crippen molar-refractivity contribution in [1.29, 1.82) is 0 Å². The quantitative estimate of drug-likeness (QED) is 0.699. The van der Waals surface area contributed by atoms with Crippen molar-refractivity contribution < 1.29 is 22.8 Å². The third-order valence-corrected chi connectivity index (χ3v) is 3.95. The monoisotopic (exact) mass is 359 g/mol. The largest absolute Gasteiger partial charge is 0.391 e. The predicted molar refractivity (Wildman–Crippen MR) is 83.0 cm³/mol. The summed E-state index contributed by atoms with van der Waals surface area (Å²) in [6.07, 6.45) is -3.26. The molecule has 0 aromatic rings. The van der Waals surface area contributed by atoms with E-state index in [2.05, 4.69) is 10.6 Å². The minimum atomic E-state index is -4.22. The molecule has 0 aliphatic heterocycles. The SMILES string of the molecule is CC(C)[C@H](N)C(=O)NCC(=O)NC1CCCC(C(F)(F)F)C1.Cl. The van der Waals surface area contributed by atoms with Gasteiger partial charge in [0.25, 0.3) is 0 Å². The molecule has 0 aromatic carbocycles. The number of hydrogen-bond donors (Lipinski definition) is 3. The molecule has 1 rings (SSSR count). The van der Waals surface area contributed by atoms with Crippen molar-refractivity contribution in [2.24, 2.45) is 17.6 Å². The van der Waals surface area contributed by atoms with Crippen LogP contribution in [0.2, 0.25) is 0 Å². The Balaban J connectivity index is 0.00000484. The summed E-state index contributed by atoms with van der Waals surface area (Å²) >= 11 is 0. The lowest BCUT2D eigenvalue weighted by atomic mass is 9.85. The van der Waals surface area contributed by atoms with Crippen molar-refractivity contribution in [3.8, 4) is 0 Å². The molecule has 1 saturated carbocycles. The summed E-state index contributed by atoms with van der Waals surface area (Å²) in [7, 11) is 0. The fraction of sp³-hybridized carbons (Fsp3) is 0.857. The average Bonchev–Trinajstić information content (AvgIpc) is 2.43. The maximum absolute atomic E-state index is 12.7. The molecule has 2 amide bonds. The highest BCUT2D eigenvalue weighted by molar-refractivity contribution is 5.87. The van der Waals surface area contributed by atoms with Gasteiger partial charge in [-0.3, -0.25) is 9.59 Å². The number of hydrogen-bond acceptors (Lipinski definition) is 3. The fourth-order valence-corrected chi connectivity index (χ4v) is 2.48. The van der Waals surface area contributed by atoms with Crippen LogP contribution in [0.25, 0.3) is 0 Å². The van der Waals surface area contributed by atoms with Crippen LogP contribution in [-0.2, 0) is 9.59 Å². The summed E-state index contributed by atoms with van der Waals surface area (Å²) in [5.74, 6) is -2.36. The van der Waals surface area contributed by atoms with Crippen molar-refractivity contribution in [3.63, 3.8) is 0 Å². The molecule has 2 unspecified atom stereocenters. The minimum absolute atomic E-state index is 0. The van der Waals surface area contributed by atoms with Crippen LogP contribution < -0.4 is 16.4 Å². The van der Waals surface area contributed by atoms with Crippen LogP contribution in [0.5, 0.6) is 0 Å². The number of carbonyl (C=O) groups is 2. The summed E-state index contributed by atoms with van der Waals surface area (Å²) in [6.45, 7) is 3.29. The Morgan fingerprint density at radius 2 is 1.87 bits per heavy atom. The number of nitrogens with two attached hydrogens (primary N) is 1. The molecule has 23 heavy (non-hydrogen) atoms. The standard InChI is InChI=1S/C14H24F3N3O2.ClH/c1-8(2)12(18)13(22)19-7-11(21)20-10-5-3-4-9(6-10)14(15,16)17;/h8-10,12H,3-7,18H2,1-2H3,(H,19,22)(H,20,21);1H/t9?,10?,12-;/m0./s1. The summed E-state index contributed by atoms with van der Waals surface area (Å²) in [4.78, 5) is 23.3. The summed E-state index contributed by atoms with van der Waals surface area (Å²) in [5.41, 5.74) is 5.63. The van der Waals surface area contributed by atoms with Gasteiger partial charge >= 0.3 is 6.18 Å². The first-order valence-electron chi connectivity index (χ1n) is 7.50. The van der Waals surface area contributed by atoms with E-state index in [1.807, 2.05) is 0 Å². The van der Waals surface area contributed by atoms with Crippen LogP contribution in [0.15, 0.2) is 0 Å². The Labute approximate surface area is 140 Å². The smallest absolute Gasteiger partial charge is 0.352 e. The van der Waals surface area contributed by atoms with Crippen molar-refractivity contribution in [1.82, 2.24) is 10.6 Å². The Hall–Kier alpha value is -1.02. The highest BCUT2D eigenvalue weighted by Gasteiger charge is 2.42. The maximum atomic E-state index is 12.7. The van der Waals surface area contributed by atoms with Gasteiger partial charge in [-0.15, -0.1) is 12.4 Å². The summed E-state index contributed by atoms with van der Waals surface area (Å²) in [5, 5.41) is 4.95. The molecule has 3 atom stereocenters. The first-order chi connectivity index (χ1) is 10.1. The van der Waals surface area contributed by atoms with Crippen LogP contribution in [0.1, 0.15) is 39.5 Å². The Bertz CT molecular complexity index is 405. The fourth-order valence-electron chi connectivity index (χ4n) is 2.48. The van der Waals surface area contributed by atoms with E-state index in [-0.39, 0.29) is 37.7 Å². The molecular weight excluding hydrogens is 335 g/mol. The van der Waals surface area contributed by atoms with Gasteiger partial charge in [0.15, 0.2) is 0 Å². The maximum Gasteiger partial charge on any atom is 0.391 e. The summed E-state index contributed by atoms with van der Waals surface area (Å²) in [6, 6.07) is -1.21. The van der Waals surface area contributed by atoms with Gasteiger partial charge in [-0.2, -0.15) is 13.2 Å². The number of halogens is 4. The number of amides is 2. The molecule has 0 heterocycles. The van der Waals surface area contributed by atoms with E-state index in [1.165, 1.54) is 0 Å². The number of alkyl halides is 3. The second kappa shape index (κ2) is 9.32. The normalized spacial score (nSPS) is 22.9. The second-order valence-corrected chi connectivity index (χ2v) is 6.16. The van der Waals surface area contributed by atoms with Crippen LogP contribution in [0.3, 0.4) is 0 Å². The number of carbonyl (C=O) groups excluding carboxylic acids is 2. The number of rotatable bonds is 5. The molecule has 0 bridgehead atoms. The summed E-state index contributed by atoms with van der Waals surface area (Å²) < 4.78 is 38.1. The lowest BCUT2D eigenvalue weighted by molar-refractivity contribution is -0.184. The van der Waals surface area contributed by atoms with E-state index in [4.69, 9.17) is 5.73 Å². The molecule has 1 aliphatic rings. The first-order valence-corrected chi connectivity index (χ1v) is 7.50. The Kier molecular flexibility index (Phi) is 8.90. The van der Waals surface area contributed by atoms with Crippen LogP contribution in [0, 0.1) is 11.8 Å². The van der Waals surface area contributed by atoms with Crippen LogP contribution >= 0.6 is 12.4 Å². The lowest BCUT2D eigenvalue weighted by Gasteiger charge is -2.31. The topological polar surface area (TPSA) is 84.2 Å². The molecule has 0 saturated heterocycles. The third-order valence-electron chi connectivity index (χ3n) is 3.95. The van der Waals surface area contributed by atoms with Crippen molar-refractivity contribution >= 4 is 24.2 Å². The van der Waals surface area contributed by atoms with E-state index >= 15 is 0 Å². The van der Waals surface area contributed by atoms with E-state index < -0.39 is 36.0 Å². The molecule has 4 N–H and O–H groups in total. The highest BCUT2D eigenvalue weighted by Crippen LogP contribution is 2.37. The predicted octanol–water partition coefficient (Wildman–Crippen LogP) is 1.74. The number of nitrogens with one attached hydrogen (secondary N) is 2. The first kappa shape index (κ1) is 22.0. The Morgan fingerprint density at radius 1 is 1.26 bits per heavy atom. The van der Waals surface area contributed by atoms with Crippen molar-refractivity contribution in [2.75, 3.05) is 6.54 Å². The highest BCUT2D eigenvalue weighted by atomic mass is 35.5. The van der Waals surface area contributed by atoms with Crippen LogP contribution in [0.4, 0.5) is 13.2 Å². The van der Waals surface area contributed by atoms with Crippen molar-refractivity contribution in [2.45, 2.75) is 57.8 Å². The van der Waals surface area contributed by atoms with Crippen LogP contribution in [-0.4, -0.2) is 36.6 Å². The van der Waals surface area contributed by atoms with Gasteiger partial charge in [0, 0.05) is 6.04 Å². The van der Waals surface area contributed by atoms with E-state index in [1.54, 1.807) is 13.8 Å². The van der Waals surface area contributed by atoms with Gasteiger partial charge in [0.1, 0.15) is 0 Å².